The van der Waals surface area contributed by atoms with Crippen molar-refractivity contribution in [3.8, 4) is 5.75 Å². The number of hydrogen-bond donors (Lipinski definition) is 0. The van der Waals surface area contributed by atoms with E-state index in [0.717, 1.165) is 31.0 Å². The van der Waals surface area contributed by atoms with Crippen LogP contribution in [0.3, 0.4) is 0 Å². The first-order chi connectivity index (χ1) is 8.38. The van der Waals surface area contributed by atoms with Crippen LogP contribution in [0.25, 0.3) is 0 Å². The third-order valence-corrected chi connectivity index (χ3v) is 2.96. The second-order valence-corrected chi connectivity index (χ2v) is 4.26. The summed E-state index contributed by atoms with van der Waals surface area (Å²) in [6.07, 6.45) is 1.70. The Balaban J connectivity index is 2.82. The van der Waals surface area contributed by atoms with Crippen molar-refractivity contribution in [2.75, 3.05) is 6.61 Å². The fourth-order valence-corrected chi connectivity index (χ4v) is 1.57. The lowest BCUT2D eigenvalue weighted by molar-refractivity contribution is 0.231. The van der Waals surface area contributed by atoms with Gasteiger partial charge >= 0.3 is 6.98 Å². The normalized spacial score (nSPS) is 11.9. The Morgan fingerprint density at radius 1 is 1.17 bits per heavy atom. The van der Waals surface area contributed by atoms with Crippen molar-refractivity contribution >= 4 is 12.4 Å². The quantitative estimate of drug-likeness (QED) is 0.561. The highest BCUT2D eigenvalue weighted by atomic mass is 19.4. The highest BCUT2D eigenvalue weighted by Crippen LogP contribution is 2.20. The molecule has 0 unspecified atom stereocenters. The summed E-state index contributed by atoms with van der Waals surface area (Å²) >= 11 is 0. The van der Waals surface area contributed by atoms with Crippen LogP contribution in [0, 0.1) is 11.7 Å². The summed E-state index contributed by atoms with van der Waals surface area (Å²) in [4.78, 5) is 0. The molecule has 0 aliphatic heterocycles. The Hall–Kier alpha value is -1.20. The zero-order chi connectivity index (χ0) is 13.8. The third kappa shape index (κ3) is 3.93. The first kappa shape index (κ1) is 14.9. The molecular formula is C12H16BF4O-. The molecular weight excluding hydrogens is 247 g/mol. The molecule has 0 fully saturated rings. The third-order valence-electron chi connectivity index (χ3n) is 2.96. The van der Waals surface area contributed by atoms with Crippen LogP contribution >= 0.6 is 0 Å². The fourth-order valence-electron chi connectivity index (χ4n) is 1.57. The summed E-state index contributed by atoms with van der Waals surface area (Å²) in [7, 11) is 0. The van der Waals surface area contributed by atoms with Gasteiger partial charge in [0.2, 0.25) is 0 Å². The van der Waals surface area contributed by atoms with E-state index < -0.39 is 18.3 Å². The number of halogens is 4. The number of ether oxygens (including phenoxy) is 1. The van der Waals surface area contributed by atoms with E-state index in [1.165, 1.54) is 0 Å². The zero-order valence-corrected chi connectivity index (χ0v) is 10.4. The molecule has 0 amide bonds. The van der Waals surface area contributed by atoms with E-state index in [0.29, 0.717) is 0 Å². The van der Waals surface area contributed by atoms with Gasteiger partial charge in [-0.3, -0.25) is 0 Å². The minimum absolute atomic E-state index is 0.226. The largest absolute Gasteiger partial charge is 0.509 e. The van der Waals surface area contributed by atoms with Gasteiger partial charge in [-0.1, -0.05) is 32.8 Å². The van der Waals surface area contributed by atoms with Gasteiger partial charge in [0.25, 0.3) is 0 Å². The molecule has 6 heteroatoms. The van der Waals surface area contributed by atoms with Gasteiger partial charge in [0.05, 0.1) is 6.61 Å². The average Bonchev–Trinajstić information content (AvgIpc) is 2.31. The van der Waals surface area contributed by atoms with Gasteiger partial charge in [-0.05, 0) is 18.1 Å². The fraction of sp³-hybridized carbons (Fsp3) is 0.500. The van der Waals surface area contributed by atoms with Crippen molar-refractivity contribution in [2.45, 2.75) is 26.7 Å². The molecule has 0 atom stereocenters. The highest BCUT2D eigenvalue weighted by molar-refractivity contribution is 6.73. The average molecular weight is 263 g/mol. The van der Waals surface area contributed by atoms with Gasteiger partial charge in [-0.2, -0.15) is 0 Å². The molecule has 0 spiro atoms. The van der Waals surface area contributed by atoms with Gasteiger partial charge in [0, 0.05) is 0 Å². The Labute approximate surface area is 104 Å². The van der Waals surface area contributed by atoms with Crippen molar-refractivity contribution in [1.29, 1.82) is 0 Å². The predicted molar refractivity (Wildman–Crippen MR) is 64.7 cm³/mol. The van der Waals surface area contributed by atoms with Crippen LogP contribution in [0.15, 0.2) is 18.2 Å². The van der Waals surface area contributed by atoms with E-state index in [1.54, 1.807) is 0 Å². The summed E-state index contributed by atoms with van der Waals surface area (Å²) in [5.74, 6) is -0.854. The molecule has 1 aromatic carbocycles. The van der Waals surface area contributed by atoms with Gasteiger partial charge in [0.15, 0.2) is 11.6 Å². The van der Waals surface area contributed by atoms with E-state index in [-0.39, 0.29) is 18.3 Å². The molecule has 0 radical (unpaired) electrons. The second kappa shape index (κ2) is 6.11. The van der Waals surface area contributed by atoms with Crippen molar-refractivity contribution in [1.82, 2.24) is 0 Å². The van der Waals surface area contributed by atoms with Crippen molar-refractivity contribution in [2.24, 2.45) is 5.92 Å². The van der Waals surface area contributed by atoms with Crippen molar-refractivity contribution in [3.05, 3.63) is 24.0 Å². The van der Waals surface area contributed by atoms with Crippen LogP contribution < -0.4 is 10.2 Å². The molecule has 18 heavy (non-hydrogen) atoms. The van der Waals surface area contributed by atoms with Crippen LogP contribution in [0.4, 0.5) is 17.3 Å². The van der Waals surface area contributed by atoms with Crippen molar-refractivity contribution in [3.63, 3.8) is 0 Å². The minimum atomic E-state index is -5.13. The Morgan fingerprint density at radius 3 is 2.28 bits per heavy atom. The smallest absolute Gasteiger partial charge is 0.490 e. The maximum Gasteiger partial charge on any atom is 0.509 e. The Kier molecular flexibility index (Phi) is 5.05. The van der Waals surface area contributed by atoms with E-state index in [1.807, 2.05) is 13.8 Å². The lowest BCUT2D eigenvalue weighted by atomic mass is 9.80. The Morgan fingerprint density at radius 2 is 1.78 bits per heavy atom. The molecule has 0 saturated heterocycles. The molecule has 1 rings (SSSR count). The molecule has 0 N–H and O–H groups in total. The lowest BCUT2D eigenvalue weighted by Gasteiger charge is -2.18. The molecule has 0 aliphatic rings. The monoisotopic (exact) mass is 263 g/mol. The Bertz CT molecular complexity index is 388. The molecule has 0 bridgehead atoms. The van der Waals surface area contributed by atoms with Crippen LogP contribution in [0.5, 0.6) is 5.75 Å². The summed E-state index contributed by atoms with van der Waals surface area (Å²) in [6.45, 7) is -0.968. The highest BCUT2D eigenvalue weighted by Gasteiger charge is 2.26. The van der Waals surface area contributed by atoms with Gasteiger partial charge in [-0.15, -0.1) is 5.46 Å². The summed E-state index contributed by atoms with van der Waals surface area (Å²) < 4.78 is 56.0. The maximum absolute atomic E-state index is 13.3. The second-order valence-electron chi connectivity index (χ2n) is 4.26. The molecule has 0 saturated carbocycles. The molecule has 0 aromatic heterocycles. The topological polar surface area (TPSA) is 9.23 Å². The van der Waals surface area contributed by atoms with Crippen molar-refractivity contribution < 1.29 is 22.1 Å². The van der Waals surface area contributed by atoms with Crippen LogP contribution in [0.1, 0.15) is 26.7 Å². The summed E-state index contributed by atoms with van der Waals surface area (Å²) in [5, 5.41) is 0. The van der Waals surface area contributed by atoms with Gasteiger partial charge in [-0.25, -0.2) is 4.39 Å². The van der Waals surface area contributed by atoms with Crippen LogP contribution in [0.2, 0.25) is 0 Å². The van der Waals surface area contributed by atoms with Gasteiger partial charge in [0.1, 0.15) is 0 Å². The maximum atomic E-state index is 13.3. The van der Waals surface area contributed by atoms with E-state index in [2.05, 4.69) is 0 Å². The van der Waals surface area contributed by atoms with Gasteiger partial charge < -0.3 is 17.7 Å². The zero-order valence-electron chi connectivity index (χ0n) is 10.4. The van der Waals surface area contributed by atoms with E-state index >= 15 is 0 Å². The lowest BCUT2D eigenvalue weighted by Crippen LogP contribution is -2.34. The SMILES string of the molecule is CCC(CC)COc1cc([B-](F)(F)F)ccc1F. The van der Waals surface area contributed by atoms with E-state index in [9.17, 15) is 17.3 Å². The predicted octanol–water partition coefficient (Wildman–Crippen LogP) is 3.70. The summed E-state index contributed by atoms with van der Waals surface area (Å²) in [6, 6.07) is 2.27. The number of rotatable bonds is 6. The first-order valence-electron chi connectivity index (χ1n) is 6.00. The molecule has 1 nitrogen and oxygen atoms in total. The molecule has 102 valence electrons. The number of hydrogen-bond acceptors (Lipinski definition) is 1. The van der Waals surface area contributed by atoms with Crippen LogP contribution in [-0.2, 0) is 0 Å². The molecule has 0 aliphatic carbocycles. The van der Waals surface area contributed by atoms with E-state index in [4.69, 9.17) is 4.74 Å². The first-order valence-corrected chi connectivity index (χ1v) is 6.00. The van der Waals surface area contributed by atoms with Crippen LogP contribution in [-0.4, -0.2) is 13.6 Å². The minimum Gasteiger partial charge on any atom is -0.490 e. The summed E-state index contributed by atoms with van der Waals surface area (Å²) in [5.41, 5.74) is -0.837. The number of benzene rings is 1. The molecule has 0 heterocycles. The standard InChI is InChI=1S/C12H16BF4O/c1-3-9(4-2)8-18-12-7-10(13(15,16)17)5-6-11(12)14/h5-7,9H,3-4,8H2,1-2H3/q-1. The molecule has 1 aromatic rings.